The van der Waals surface area contributed by atoms with Gasteiger partial charge in [0.2, 0.25) is 0 Å². The van der Waals surface area contributed by atoms with Crippen LogP contribution in [0, 0.1) is 5.92 Å². The van der Waals surface area contributed by atoms with Crippen molar-refractivity contribution in [2.45, 2.75) is 45.3 Å². The van der Waals surface area contributed by atoms with Gasteiger partial charge in [-0.1, -0.05) is 75.1 Å². The van der Waals surface area contributed by atoms with Crippen molar-refractivity contribution in [2.24, 2.45) is 5.92 Å². The lowest BCUT2D eigenvalue weighted by molar-refractivity contribution is -0.206. The molecule has 0 bridgehead atoms. The summed E-state index contributed by atoms with van der Waals surface area (Å²) in [6.07, 6.45) is 6.28. The highest BCUT2D eigenvalue weighted by molar-refractivity contribution is 5.65. The van der Waals surface area contributed by atoms with E-state index in [0.29, 0.717) is 5.92 Å². The molecule has 0 unspecified atom stereocenters. The zero-order valence-electron chi connectivity index (χ0n) is 13.5. The van der Waals surface area contributed by atoms with E-state index in [1.54, 1.807) is 0 Å². The van der Waals surface area contributed by atoms with Crippen molar-refractivity contribution >= 4 is 0 Å². The zero-order valence-corrected chi connectivity index (χ0v) is 13.5. The highest BCUT2D eigenvalue weighted by Gasteiger charge is 2.23. The lowest BCUT2D eigenvalue weighted by Gasteiger charge is -2.29. The average Bonchev–Trinajstić information content (AvgIpc) is 2.91. The molecule has 0 aromatic rings. The third kappa shape index (κ3) is 3.88. The minimum atomic E-state index is -0.205. The lowest BCUT2D eigenvalue weighted by atomic mass is 10.0. The van der Waals surface area contributed by atoms with E-state index >= 15 is 0 Å². The molecule has 0 atom stereocenters. The summed E-state index contributed by atoms with van der Waals surface area (Å²) < 4.78 is 11.9. The molecule has 0 spiro atoms. The Bertz CT molecular complexity index is 513. The maximum atomic E-state index is 5.96. The summed E-state index contributed by atoms with van der Waals surface area (Å²) in [7, 11) is 0. The SMILES string of the molecule is CCCCCCC1COC(c2ccc3cccc-3cc2)OC1. The molecule has 3 aliphatic rings. The fourth-order valence-corrected chi connectivity index (χ4v) is 3.10. The van der Waals surface area contributed by atoms with E-state index in [9.17, 15) is 0 Å². The molecule has 3 rings (SSSR count). The molecule has 0 aromatic carbocycles. The maximum absolute atomic E-state index is 5.96. The van der Waals surface area contributed by atoms with Gasteiger partial charge in [-0.3, -0.25) is 0 Å². The number of rotatable bonds is 6. The van der Waals surface area contributed by atoms with Gasteiger partial charge in [0.1, 0.15) is 0 Å². The second-order valence-corrected chi connectivity index (χ2v) is 6.32. The van der Waals surface area contributed by atoms with Crippen molar-refractivity contribution in [3.05, 3.63) is 48.0 Å². The van der Waals surface area contributed by atoms with Crippen LogP contribution in [-0.2, 0) is 9.47 Å². The van der Waals surface area contributed by atoms with Crippen molar-refractivity contribution in [3.63, 3.8) is 0 Å². The van der Waals surface area contributed by atoms with Crippen LogP contribution in [0.25, 0.3) is 11.1 Å². The number of hydrogen-bond donors (Lipinski definition) is 0. The van der Waals surface area contributed by atoms with Crippen LogP contribution >= 0.6 is 0 Å². The molecular weight excluding hydrogens is 272 g/mol. The highest BCUT2D eigenvalue weighted by Crippen LogP contribution is 2.29. The molecule has 0 amide bonds. The largest absolute Gasteiger partial charge is 0.348 e. The summed E-state index contributed by atoms with van der Waals surface area (Å²) in [5, 5.41) is 0. The molecule has 0 N–H and O–H groups in total. The Morgan fingerprint density at radius 3 is 2.18 bits per heavy atom. The summed E-state index contributed by atoms with van der Waals surface area (Å²) in [4.78, 5) is 0. The van der Waals surface area contributed by atoms with Gasteiger partial charge in [0.25, 0.3) is 0 Å². The topological polar surface area (TPSA) is 18.5 Å². The molecule has 1 heterocycles. The van der Waals surface area contributed by atoms with Crippen molar-refractivity contribution in [1.29, 1.82) is 0 Å². The Morgan fingerprint density at radius 1 is 0.864 bits per heavy atom. The second kappa shape index (κ2) is 7.75. The van der Waals surface area contributed by atoms with Gasteiger partial charge in [-0.15, -0.1) is 0 Å². The van der Waals surface area contributed by atoms with Gasteiger partial charge in [0.15, 0.2) is 6.29 Å². The van der Waals surface area contributed by atoms with Crippen LogP contribution in [0.15, 0.2) is 42.5 Å². The van der Waals surface area contributed by atoms with E-state index in [-0.39, 0.29) is 6.29 Å². The smallest absolute Gasteiger partial charge is 0.183 e. The molecule has 2 heteroatoms. The first-order valence-corrected chi connectivity index (χ1v) is 8.58. The predicted octanol–water partition coefficient (Wildman–Crippen LogP) is 5.42. The normalized spacial score (nSPS) is 22.0. The van der Waals surface area contributed by atoms with E-state index in [1.165, 1.54) is 43.2 Å². The Morgan fingerprint density at radius 2 is 1.55 bits per heavy atom. The molecule has 2 nitrogen and oxygen atoms in total. The number of unbranched alkanes of at least 4 members (excludes halogenated alkanes) is 3. The van der Waals surface area contributed by atoms with Crippen LogP contribution in [0.4, 0.5) is 0 Å². The van der Waals surface area contributed by atoms with Gasteiger partial charge in [-0.2, -0.15) is 0 Å². The maximum Gasteiger partial charge on any atom is 0.183 e. The van der Waals surface area contributed by atoms with E-state index in [2.05, 4.69) is 49.4 Å². The molecule has 0 aromatic heterocycles. The Kier molecular flexibility index (Phi) is 5.47. The first-order chi connectivity index (χ1) is 10.9. The van der Waals surface area contributed by atoms with Crippen molar-refractivity contribution in [3.8, 4) is 11.1 Å². The first-order valence-electron chi connectivity index (χ1n) is 8.58. The molecule has 1 aliphatic heterocycles. The minimum Gasteiger partial charge on any atom is -0.348 e. The lowest BCUT2D eigenvalue weighted by Crippen LogP contribution is -2.26. The Balaban J connectivity index is 1.53. The van der Waals surface area contributed by atoms with Gasteiger partial charge in [-0.25, -0.2) is 0 Å². The summed E-state index contributed by atoms with van der Waals surface area (Å²) >= 11 is 0. The van der Waals surface area contributed by atoms with Crippen LogP contribution in [0.2, 0.25) is 0 Å². The third-order valence-electron chi connectivity index (χ3n) is 4.50. The van der Waals surface area contributed by atoms with Crippen LogP contribution < -0.4 is 0 Å². The summed E-state index contributed by atoms with van der Waals surface area (Å²) in [6.45, 7) is 3.89. The molecule has 1 fully saturated rings. The molecule has 2 aliphatic carbocycles. The van der Waals surface area contributed by atoms with E-state index < -0.39 is 0 Å². The Labute approximate surface area is 133 Å². The predicted molar refractivity (Wildman–Crippen MR) is 90.0 cm³/mol. The van der Waals surface area contributed by atoms with Crippen LogP contribution in [0.1, 0.15) is 50.9 Å². The van der Waals surface area contributed by atoms with Gasteiger partial charge in [-0.05, 0) is 17.5 Å². The minimum absolute atomic E-state index is 0.205. The van der Waals surface area contributed by atoms with E-state index in [0.717, 1.165) is 18.8 Å². The molecule has 1 saturated heterocycles. The van der Waals surface area contributed by atoms with Crippen molar-refractivity contribution in [1.82, 2.24) is 0 Å². The molecule has 22 heavy (non-hydrogen) atoms. The van der Waals surface area contributed by atoms with Crippen molar-refractivity contribution in [2.75, 3.05) is 13.2 Å². The number of fused-ring (bicyclic) bond motifs is 1. The monoisotopic (exact) mass is 298 g/mol. The average molecular weight is 298 g/mol. The highest BCUT2D eigenvalue weighted by atomic mass is 16.7. The van der Waals surface area contributed by atoms with Gasteiger partial charge < -0.3 is 9.47 Å². The molecule has 118 valence electrons. The second-order valence-electron chi connectivity index (χ2n) is 6.32. The first kappa shape index (κ1) is 15.5. The van der Waals surface area contributed by atoms with Gasteiger partial charge in [0, 0.05) is 11.5 Å². The molecule has 0 radical (unpaired) electrons. The standard InChI is InChI=1S/C20H26O2/c1-2-3-4-5-7-16-14-21-20(22-15-16)19-12-10-17-8-6-9-18(17)11-13-19/h6,8-13,16,20H,2-5,7,14-15H2,1H3. The molecular formula is C20H26O2. The van der Waals surface area contributed by atoms with Crippen LogP contribution in [0.3, 0.4) is 0 Å². The van der Waals surface area contributed by atoms with E-state index in [4.69, 9.17) is 9.47 Å². The number of ether oxygens (including phenoxy) is 2. The van der Waals surface area contributed by atoms with Crippen LogP contribution in [-0.4, -0.2) is 13.2 Å². The fourth-order valence-electron chi connectivity index (χ4n) is 3.10. The zero-order chi connectivity index (χ0) is 15.2. The van der Waals surface area contributed by atoms with Gasteiger partial charge >= 0.3 is 0 Å². The summed E-state index contributed by atoms with van der Waals surface area (Å²) in [6, 6.07) is 14.9. The quantitative estimate of drug-likeness (QED) is 0.663. The third-order valence-corrected chi connectivity index (χ3v) is 4.50. The Hall–Kier alpha value is -1.38. The van der Waals surface area contributed by atoms with Crippen molar-refractivity contribution < 1.29 is 9.47 Å². The fraction of sp³-hybridized carbons (Fsp3) is 0.500. The number of hydrogen-bond acceptors (Lipinski definition) is 2. The summed E-state index contributed by atoms with van der Waals surface area (Å²) in [5.74, 6) is 0.562. The molecule has 0 saturated carbocycles. The summed E-state index contributed by atoms with van der Waals surface area (Å²) in [5.41, 5.74) is 3.63. The van der Waals surface area contributed by atoms with Gasteiger partial charge in [0.05, 0.1) is 13.2 Å². The van der Waals surface area contributed by atoms with Crippen LogP contribution in [0.5, 0.6) is 0 Å². The van der Waals surface area contributed by atoms with E-state index in [1.807, 2.05) is 0 Å².